The van der Waals surface area contributed by atoms with Crippen LogP contribution >= 0.6 is 0 Å². The number of amides is 1. The average molecular weight is 411 g/mol. The summed E-state index contributed by atoms with van der Waals surface area (Å²) in [5.41, 5.74) is 2.61. The van der Waals surface area contributed by atoms with Gasteiger partial charge >= 0.3 is 0 Å². The molecule has 0 saturated carbocycles. The van der Waals surface area contributed by atoms with Crippen LogP contribution in [0.15, 0.2) is 48.5 Å². The molecule has 1 aliphatic rings. The molecule has 30 heavy (non-hydrogen) atoms. The Morgan fingerprint density at radius 2 is 2.03 bits per heavy atom. The minimum absolute atomic E-state index is 0.0402. The Bertz CT molecular complexity index is 867. The molecule has 3 rings (SSSR count). The van der Waals surface area contributed by atoms with Crippen LogP contribution in [0.5, 0.6) is 11.5 Å². The number of morpholine rings is 1. The summed E-state index contributed by atoms with van der Waals surface area (Å²) >= 11 is 0. The summed E-state index contributed by atoms with van der Waals surface area (Å²) < 4.78 is 16.7. The molecule has 160 valence electrons. The minimum atomic E-state index is -0.162. The van der Waals surface area contributed by atoms with E-state index >= 15 is 0 Å². The Hall–Kier alpha value is -2.83. The number of nitrogens with zero attached hydrogens (tertiary/aromatic N) is 1. The van der Waals surface area contributed by atoms with E-state index in [1.54, 1.807) is 26.4 Å². The lowest BCUT2D eigenvalue weighted by atomic mass is 10.1. The molecule has 6 nitrogen and oxygen atoms in total. The lowest BCUT2D eigenvalue weighted by Gasteiger charge is -2.33. The van der Waals surface area contributed by atoms with Crippen LogP contribution in [-0.4, -0.2) is 57.4 Å². The van der Waals surface area contributed by atoms with Gasteiger partial charge in [-0.05, 0) is 24.6 Å². The van der Waals surface area contributed by atoms with E-state index in [9.17, 15) is 4.79 Å². The van der Waals surface area contributed by atoms with E-state index < -0.39 is 0 Å². The zero-order valence-electron chi connectivity index (χ0n) is 17.9. The maximum Gasteiger partial charge on any atom is 0.251 e. The van der Waals surface area contributed by atoms with Crippen LogP contribution in [0.3, 0.4) is 0 Å². The van der Waals surface area contributed by atoms with Crippen LogP contribution in [-0.2, 0) is 11.3 Å². The third-order valence-electron chi connectivity index (χ3n) is 5.08. The largest absolute Gasteiger partial charge is 0.493 e. The summed E-state index contributed by atoms with van der Waals surface area (Å²) in [4.78, 5) is 15.1. The van der Waals surface area contributed by atoms with Gasteiger partial charge in [-0.3, -0.25) is 9.69 Å². The fourth-order valence-electron chi connectivity index (χ4n) is 3.63. The van der Waals surface area contributed by atoms with E-state index in [4.69, 9.17) is 14.2 Å². The van der Waals surface area contributed by atoms with Crippen molar-refractivity contribution in [3.63, 3.8) is 0 Å². The van der Waals surface area contributed by atoms with Gasteiger partial charge < -0.3 is 19.5 Å². The maximum absolute atomic E-state index is 12.8. The first-order chi connectivity index (χ1) is 14.6. The molecule has 0 bridgehead atoms. The third kappa shape index (κ3) is 5.62. The first-order valence-electron chi connectivity index (χ1n) is 10.2. The molecule has 6 heteroatoms. The van der Waals surface area contributed by atoms with Gasteiger partial charge in [0.2, 0.25) is 0 Å². The zero-order chi connectivity index (χ0) is 21.3. The Morgan fingerprint density at radius 1 is 1.23 bits per heavy atom. The molecule has 1 aliphatic heterocycles. The number of methoxy groups -OCH3 is 2. The monoisotopic (exact) mass is 410 g/mol. The predicted molar refractivity (Wildman–Crippen MR) is 118 cm³/mol. The number of allylic oxidation sites excluding steroid dienone is 1. The first kappa shape index (κ1) is 21.9. The van der Waals surface area contributed by atoms with E-state index in [2.05, 4.69) is 34.5 Å². The molecule has 2 aromatic carbocycles. The summed E-state index contributed by atoms with van der Waals surface area (Å²) in [7, 11) is 3.16. The fraction of sp³-hybridized carbons (Fsp3) is 0.375. The van der Waals surface area contributed by atoms with Gasteiger partial charge in [-0.25, -0.2) is 0 Å². The van der Waals surface area contributed by atoms with Gasteiger partial charge in [0.05, 0.1) is 26.9 Å². The molecule has 0 aromatic heterocycles. The maximum atomic E-state index is 12.8. The van der Waals surface area contributed by atoms with Gasteiger partial charge in [0.1, 0.15) is 0 Å². The van der Waals surface area contributed by atoms with Crippen molar-refractivity contribution in [1.29, 1.82) is 0 Å². The molecule has 0 aliphatic carbocycles. The first-order valence-corrected chi connectivity index (χ1v) is 10.2. The van der Waals surface area contributed by atoms with Crippen molar-refractivity contribution in [3.8, 4) is 11.5 Å². The van der Waals surface area contributed by atoms with E-state index in [1.807, 2.05) is 25.1 Å². The molecule has 1 amide bonds. The van der Waals surface area contributed by atoms with Crippen LogP contribution in [0.25, 0.3) is 6.08 Å². The molecule has 0 radical (unpaired) electrons. The van der Waals surface area contributed by atoms with Crippen molar-refractivity contribution in [2.75, 3.05) is 40.5 Å². The Labute approximate surface area is 178 Å². The highest BCUT2D eigenvalue weighted by Crippen LogP contribution is 2.33. The van der Waals surface area contributed by atoms with E-state index in [0.717, 1.165) is 25.2 Å². The second-order valence-electron chi connectivity index (χ2n) is 7.22. The van der Waals surface area contributed by atoms with Gasteiger partial charge in [-0.15, -0.1) is 0 Å². The van der Waals surface area contributed by atoms with Crippen LogP contribution in [0.4, 0.5) is 0 Å². The Balaban J connectivity index is 1.61. The third-order valence-corrected chi connectivity index (χ3v) is 5.08. The minimum Gasteiger partial charge on any atom is -0.493 e. The van der Waals surface area contributed by atoms with Crippen molar-refractivity contribution in [3.05, 3.63) is 65.2 Å². The summed E-state index contributed by atoms with van der Waals surface area (Å²) in [6.45, 7) is 5.59. The van der Waals surface area contributed by atoms with E-state index in [1.165, 1.54) is 5.56 Å². The number of nitrogens with one attached hydrogen (secondary N) is 1. The number of hydrogen-bond acceptors (Lipinski definition) is 5. The van der Waals surface area contributed by atoms with Crippen molar-refractivity contribution in [1.82, 2.24) is 10.2 Å². The Kier molecular flexibility index (Phi) is 7.88. The highest BCUT2D eigenvalue weighted by molar-refractivity contribution is 5.96. The number of carbonyl (C=O) groups excluding carboxylic acids is 1. The quantitative estimate of drug-likeness (QED) is 0.723. The Morgan fingerprint density at radius 3 is 2.73 bits per heavy atom. The molecule has 1 unspecified atom stereocenters. The molecular formula is C24H30N2O4. The summed E-state index contributed by atoms with van der Waals surface area (Å²) in [5.74, 6) is 0.978. The second-order valence-corrected chi connectivity index (χ2v) is 7.22. The smallest absolute Gasteiger partial charge is 0.251 e. The molecule has 2 aromatic rings. The van der Waals surface area contributed by atoms with Gasteiger partial charge in [0.15, 0.2) is 11.5 Å². The van der Waals surface area contributed by atoms with Gasteiger partial charge in [-0.1, -0.05) is 42.5 Å². The van der Waals surface area contributed by atoms with Crippen molar-refractivity contribution >= 4 is 12.0 Å². The van der Waals surface area contributed by atoms with Crippen LogP contribution in [0, 0.1) is 0 Å². The van der Waals surface area contributed by atoms with Crippen molar-refractivity contribution in [2.24, 2.45) is 0 Å². The number of ether oxygens (including phenoxy) is 3. The average Bonchev–Trinajstić information content (AvgIpc) is 2.78. The van der Waals surface area contributed by atoms with Gasteiger partial charge in [0, 0.05) is 37.3 Å². The van der Waals surface area contributed by atoms with Crippen LogP contribution < -0.4 is 14.8 Å². The SMILES string of the molecule is C/C=C/c1cc(C(=O)NCC2CN(Cc3ccccc3)CCO2)cc(OC)c1OC. The summed E-state index contributed by atoms with van der Waals surface area (Å²) in [6.07, 6.45) is 3.75. The zero-order valence-corrected chi connectivity index (χ0v) is 17.9. The second kappa shape index (κ2) is 10.8. The molecular weight excluding hydrogens is 380 g/mol. The number of rotatable bonds is 8. The highest BCUT2D eigenvalue weighted by Gasteiger charge is 2.22. The number of hydrogen-bond donors (Lipinski definition) is 1. The summed E-state index contributed by atoms with van der Waals surface area (Å²) in [6, 6.07) is 13.9. The molecule has 0 spiro atoms. The van der Waals surface area contributed by atoms with Crippen LogP contribution in [0.1, 0.15) is 28.4 Å². The number of carbonyl (C=O) groups is 1. The van der Waals surface area contributed by atoms with Crippen molar-refractivity contribution < 1.29 is 19.0 Å². The van der Waals surface area contributed by atoms with E-state index in [0.29, 0.717) is 30.2 Å². The van der Waals surface area contributed by atoms with Crippen LogP contribution in [0.2, 0.25) is 0 Å². The van der Waals surface area contributed by atoms with Gasteiger partial charge in [-0.2, -0.15) is 0 Å². The van der Waals surface area contributed by atoms with Crippen molar-refractivity contribution in [2.45, 2.75) is 19.6 Å². The molecule has 1 atom stereocenters. The molecule has 1 saturated heterocycles. The predicted octanol–water partition coefficient (Wildman–Crippen LogP) is 3.37. The van der Waals surface area contributed by atoms with Gasteiger partial charge in [0.25, 0.3) is 5.91 Å². The lowest BCUT2D eigenvalue weighted by Crippen LogP contribution is -2.47. The lowest BCUT2D eigenvalue weighted by molar-refractivity contribution is -0.0292. The molecule has 1 fully saturated rings. The molecule has 1 N–H and O–H groups in total. The highest BCUT2D eigenvalue weighted by atomic mass is 16.5. The standard InChI is InChI=1S/C24H30N2O4/c1-4-8-19-13-20(14-22(28-2)23(19)29-3)24(27)25-15-21-17-26(11-12-30-21)16-18-9-6-5-7-10-18/h4-10,13-14,21H,11-12,15-17H2,1-3H3,(H,25,27)/b8-4+. The topological polar surface area (TPSA) is 60.0 Å². The fourth-order valence-corrected chi connectivity index (χ4v) is 3.63. The molecule has 1 heterocycles. The normalized spacial score (nSPS) is 17.1. The number of benzene rings is 2. The van der Waals surface area contributed by atoms with E-state index in [-0.39, 0.29) is 12.0 Å². The summed E-state index contributed by atoms with van der Waals surface area (Å²) in [5, 5.41) is 3.00.